The lowest BCUT2D eigenvalue weighted by atomic mass is 10.1. The fraction of sp³-hybridized carbons (Fsp3) is 0.250. The van der Waals surface area contributed by atoms with Crippen LogP contribution in [0.5, 0.6) is 0 Å². The van der Waals surface area contributed by atoms with E-state index in [0.717, 1.165) is 12.1 Å². The molecular formula is C12H12F2O2. The second-order valence-electron chi connectivity index (χ2n) is 3.22. The first-order valence-corrected chi connectivity index (χ1v) is 4.78. The van der Waals surface area contributed by atoms with E-state index in [1.165, 1.54) is 13.0 Å². The topological polar surface area (TPSA) is 26.3 Å². The molecule has 0 aliphatic rings. The number of allylic oxidation sites excluding steroid dienone is 1. The Hall–Kier alpha value is -1.71. The first kappa shape index (κ1) is 12.4. The van der Waals surface area contributed by atoms with E-state index < -0.39 is 17.6 Å². The van der Waals surface area contributed by atoms with Gasteiger partial charge in [-0.25, -0.2) is 8.78 Å². The van der Waals surface area contributed by atoms with Gasteiger partial charge in [-0.2, -0.15) is 0 Å². The molecule has 0 radical (unpaired) electrons. The van der Waals surface area contributed by atoms with Gasteiger partial charge in [0.1, 0.15) is 18.2 Å². The van der Waals surface area contributed by atoms with Crippen LogP contribution in [0.3, 0.4) is 0 Å². The molecule has 0 aliphatic heterocycles. The van der Waals surface area contributed by atoms with Crippen LogP contribution in [0.1, 0.15) is 19.4 Å². The maximum Gasteiger partial charge on any atom is 0.302 e. The maximum atomic E-state index is 13.4. The van der Waals surface area contributed by atoms with Crippen LogP contribution in [0.15, 0.2) is 24.3 Å². The number of halogens is 2. The zero-order chi connectivity index (χ0) is 12.1. The van der Waals surface area contributed by atoms with Gasteiger partial charge in [-0.05, 0) is 24.6 Å². The van der Waals surface area contributed by atoms with Gasteiger partial charge >= 0.3 is 5.97 Å². The number of esters is 1. The van der Waals surface area contributed by atoms with Crippen molar-refractivity contribution in [2.75, 3.05) is 6.61 Å². The summed E-state index contributed by atoms with van der Waals surface area (Å²) < 4.78 is 30.8. The van der Waals surface area contributed by atoms with Gasteiger partial charge in [0.05, 0.1) is 0 Å². The van der Waals surface area contributed by atoms with Crippen LogP contribution in [0, 0.1) is 11.6 Å². The second kappa shape index (κ2) is 5.39. The third-order valence-corrected chi connectivity index (χ3v) is 2.06. The van der Waals surface area contributed by atoms with Crippen molar-refractivity contribution in [2.24, 2.45) is 0 Å². The summed E-state index contributed by atoms with van der Waals surface area (Å²) in [7, 11) is 0. The fourth-order valence-electron chi connectivity index (χ4n) is 1.25. The zero-order valence-corrected chi connectivity index (χ0v) is 9.09. The third kappa shape index (κ3) is 3.15. The summed E-state index contributed by atoms with van der Waals surface area (Å²) in [5.74, 6) is -1.74. The molecule has 0 aliphatic carbocycles. The fourth-order valence-corrected chi connectivity index (χ4v) is 1.25. The Kier molecular flexibility index (Phi) is 4.17. The molecule has 0 spiro atoms. The molecule has 1 rings (SSSR count). The lowest BCUT2D eigenvalue weighted by molar-refractivity contribution is -0.139. The molecule has 0 bridgehead atoms. The van der Waals surface area contributed by atoms with Crippen LogP contribution in [0.25, 0.3) is 5.57 Å². The number of hydrogen-bond donors (Lipinski definition) is 0. The molecule has 1 aromatic carbocycles. The highest BCUT2D eigenvalue weighted by Gasteiger charge is 2.09. The van der Waals surface area contributed by atoms with Crippen LogP contribution in [0.4, 0.5) is 8.78 Å². The van der Waals surface area contributed by atoms with Crippen molar-refractivity contribution in [2.45, 2.75) is 13.8 Å². The number of rotatable bonds is 3. The van der Waals surface area contributed by atoms with Gasteiger partial charge < -0.3 is 4.74 Å². The van der Waals surface area contributed by atoms with Crippen molar-refractivity contribution < 1.29 is 18.3 Å². The Labute approximate surface area is 92.5 Å². The molecule has 0 saturated carbocycles. The van der Waals surface area contributed by atoms with E-state index in [-0.39, 0.29) is 12.2 Å². The molecule has 0 atom stereocenters. The molecule has 86 valence electrons. The van der Waals surface area contributed by atoms with Crippen LogP contribution < -0.4 is 0 Å². The summed E-state index contributed by atoms with van der Waals surface area (Å²) >= 11 is 0. The monoisotopic (exact) mass is 226 g/mol. The quantitative estimate of drug-likeness (QED) is 0.741. The highest BCUT2D eigenvalue weighted by molar-refractivity contribution is 5.71. The number of carbonyl (C=O) groups excluding carboxylic acids is 1. The second-order valence-corrected chi connectivity index (χ2v) is 3.22. The van der Waals surface area contributed by atoms with Gasteiger partial charge in [-0.15, -0.1) is 0 Å². The molecule has 0 unspecified atom stereocenters. The van der Waals surface area contributed by atoms with E-state index in [4.69, 9.17) is 4.74 Å². The largest absolute Gasteiger partial charge is 0.461 e. The Morgan fingerprint density at radius 2 is 2.12 bits per heavy atom. The predicted octanol–water partition coefficient (Wildman–Crippen LogP) is 2.93. The summed E-state index contributed by atoms with van der Waals surface area (Å²) in [6.07, 6.45) is 1.62. The van der Waals surface area contributed by atoms with Gasteiger partial charge in [0.15, 0.2) is 0 Å². The average Bonchev–Trinajstić information content (AvgIpc) is 2.21. The first-order valence-electron chi connectivity index (χ1n) is 4.78. The van der Waals surface area contributed by atoms with Crippen molar-refractivity contribution in [3.05, 3.63) is 41.5 Å². The Balaban J connectivity index is 2.92. The molecule has 0 amide bonds. The standard InChI is InChI=1S/C12H12F2O2/c1-3-9(7-16-8(2)15)11-5-4-10(13)6-12(11)14/h3-6H,7H2,1-2H3/b9-3+. The lowest BCUT2D eigenvalue weighted by Crippen LogP contribution is -2.04. The third-order valence-electron chi connectivity index (χ3n) is 2.06. The summed E-state index contributed by atoms with van der Waals surface area (Å²) in [5.41, 5.74) is 0.748. The number of ether oxygens (including phenoxy) is 1. The van der Waals surface area contributed by atoms with Crippen molar-refractivity contribution in [1.29, 1.82) is 0 Å². The normalized spacial score (nSPS) is 11.4. The van der Waals surface area contributed by atoms with E-state index in [1.54, 1.807) is 13.0 Å². The Bertz CT molecular complexity index is 425. The first-order chi connectivity index (χ1) is 7.54. The highest BCUT2D eigenvalue weighted by atomic mass is 19.1. The van der Waals surface area contributed by atoms with Crippen LogP contribution in [0.2, 0.25) is 0 Å². The molecule has 0 saturated heterocycles. The van der Waals surface area contributed by atoms with Crippen molar-refractivity contribution in [3.8, 4) is 0 Å². The predicted molar refractivity (Wildman–Crippen MR) is 56.6 cm³/mol. The molecular weight excluding hydrogens is 214 g/mol. The van der Waals surface area contributed by atoms with E-state index in [9.17, 15) is 13.6 Å². The zero-order valence-electron chi connectivity index (χ0n) is 9.09. The number of benzene rings is 1. The number of carbonyl (C=O) groups is 1. The molecule has 2 nitrogen and oxygen atoms in total. The molecule has 1 aromatic rings. The summed E-state index contributed by atoms with van der Waals surface area (Å²) in [6.45, 7) is 2.95. The minimum Gasteiger partial charge on any atom is -0.461 e. The lowest BCUT2D eigenvalue weighted by Gasteiger charge is -2.08. The molecule has 0 aromatic heterocycles. The SMILES string of the molecule is C/C=C(\COC(C)=O)c1ccc(F)cc1F. The summed E-state index contributed by atoms with van der Waals surface area (Å²) in [6, 6.07) is 3.28. The molecule has 0 N–H and O–H groups in total. The van der Waals surface area contributed by atoms with E-state index in [0.29, 0.717) is 5.57 Å². The minimum absolute atomic E-state index is 0.0195. The van der Waals surface area contributed by atoms with Crippen LogP contribution in [-0.2, 0) is 9.53 Å². The van der Waals surface area contributed by atoms with Crippen molar-refractivity contribution in [1.82, 2.24) is 0 Å². The maximum absolute atomic E-state index is 13.4. The van der Waals surface area contributed by atoms with E-state index >= 15 is 0 Å². The molecule has 0 heterocycles. The van der Waals surface area contributed by atoms with E-state index in [1.807, 2.05) is 0 Å². The van der Waals surface area contributed by atoms with Crippen LogP contribution in [-0.4, -0.2) is 12.6 Å². The molecule has 0 fully saturated rings. The minimum atomic E-state index is -0.666. The van der Waals surface area contributed by atoms with Gasteiger partial charge in [0, 0.05) is 18.6 Å². The van der Waals surface area contributed by atoms with Crippen LogP contribution >= 0.6 is 0 Å². The smallest absolute Gasteiger partial charge is 0.302 e. The Morgan fingerprint density at radius 1 is 1.44 bits per heavy atom. The number of hydrogen-bond acceptors (Lipinski definition) is 2. The molecule has 16 heavy (non-hydrogen) atoms. The van der Waals surface area contributed by atoms with Gasteiger partial charge in [-0.1, -0.05) is 6.08 Å². The molecule has 4 heteroatoms. The van der Waals surface area contributed by atoms with Gasteiger partial charge in [-0.3, -0.25) is 4.79 Å². The van der Waals surface area contributed by atoms with E-state index in [2.05, 4.69) is 0 Å². The summed E-state index contributed by atoms with van der Waals surface area (Å²) in [4.78, 5) is 10.6. The van der Waals surface area contributed by atoms with Gasteiger partial charge in [0.2, 0.25) is 0 Å². The van der Waals surface area contributed by atoms with Crippen molar-refractivity contribution >= 4 is 11.5 Å². The average molecular weight is 226 g/mol. The van der Waals surface area contributed by atoms with Gasteiger partial charge in [0.25, 0.3) is 0 Å². The Morgan fingerprint density at radius 3 is 2.62 bits per heavy atom. The summed E-state index contributed by atoms with van der Waals surface area (Å²) in [5, 5.41) is 0. The van der Waals surface area contributed by atoms with Crippen molar-refractivity contribution in [3.63, 3.8) is 0 Å². The highest BCUT2D eigenvalue weighted by Crippen LogP contribution is 2.19.